The first-order valence-electron chi connectivity index (χ1n) is 16.6. The molecule has 0 aromatic carbocycles. The SMILES string of the molecule is CCCCCC/C=C/CC/C=C/C(O)C(COC1OC(CO)C(OC2OC(CO)C(O)C(O)C2O)C(O)C1O)NC(=O)CCCC. The van der Waals surface area contributed by atoms with Gasteiger partial charge >= 0.3 is 0 Å². The Labute approximate surface area is 271 Å². The first-order chi connectivity index (χ1) is 22.1. The average Bonchev–Trinajstić information content (AvgIpc) is 3.05. The standard InChI is InChI=1S/C32H57NO13/c1-3-5-7-8-9-10-11-12-13-14-15-21(36)20(33-24(37)16-6-4-2)19-43-31-29(42)27(40)30(23(18-35)45-31)46-32-28(41)26(39)25(38)22(17-34)44-32/h10-11,14-15,20-23,25-32,34-36,38-42H,3-9,12-13,16-19H2,1-2H3,(H,33,37)/b11-10+,15-14+. The molecule has 268 valence electrons. The van der Waals surface area contributed by atoms with E-state index in [2.05, 4.69) is 24.4 Å². The van der Waals surface area contributed by atoms with E-state index in [1.54, 1.807) is 6.08 Å². The molecule has 9 N–H and O–H groups in total. The van der Waals surface area contributed by atoms with Crippen LogP contribution in [-0.4, -0.2) is 140 Å². The predicted molar refractivity (Wildman–Crippen MR) is 166 cm³/mol. The summed E-state index contributed by atoms with van der Waals surface area (Å²) in [6, 6.07) is -0.918. The third kappa shape index (κ3) is 12.8. The van der Waals surface area contributed by atoms with Crippen LogP contribution in [-0.2, 0) is 23.7 Å². The Morgan fingerprint density at radius 3 is 2.07 bits per heavy atom. The summed E-state index contributed by atoms with van der Waals surface area (Å²) in [6.07, 6.45) is -0.293. The number of amides is 1. The van der Waals surface area contributed by atoms with E-state index in [1.165, 1.54) is 25.7 Å². The Balaban J connectivity index is 2.00. The second-order valence-electron chi connectivity index (χ2n) is 11.9. The average molecular weight is 664 g/mol. The zero-order chi connectivity index (χ0) is 34.1. The minimum absolute atomic E-state index is 0.247. The number of aliphatic hydroxyl groups is 8. The Hall–Kier alpha value is -1.53. The molecular weight excluding hydrogens is 606 g/mol. The van der Waals surface area contributed by atoms with Gasteiger partial charge in [-0.1, -0.05) is 63.8 Å². The zero-order valence-corrected chi connectivity index (χ0v) is 27.0. The lowest BCUT2D eigenvalue weighted by Gasteiger charge is -2.46. The van der Waals surface area contributed by atoms with Crippen LogP contribution in [0.4, 0.5) is 0 Å². The number of hydrogen-bond donors (Lipinski definition) is 9. The number of rotatable bonds is 21. The molecule has 12 unspecified atom stereocenters. The van der Waals surface area contributed by atoms with E-state index in [0.29, 0.717) is 12.8 Å². The van der Waals surface area contributed by atoms with Gasteiger partial charge in [0.15, 0.2) is 12.6 Å². The summed E-state index contributed by atoms with van der Waals surface area (Å²) < 4.78 is 22.2. The number of hydrogen-bond acceptors (Lipinski definition) is 13. The van der Waals surface area contributed by atoms with Crippen LogP contribution in [0.5, 0.6) is 0 Å². The van der Waals surface area contributed by atoms with Gasteiger partial charge in [-0.2, -0.15) is 0 Å². The highest BCUT2D eigenvalue weighted by Crippen LogP contribution is 2.29. The van der Waals surface area contributed by atoms with E-state index in [0.717, 1.165) is 19.3 Å². The largest absolute Gasteiger partial charge is 0.394 e. The van der Waals surface area contributed by atoms with Crippen LogP contribution in [0.3, 0.4) is 0 Å². The van der Waals surface area contributed by atoms with Crippen molar-refractivity contribution in [1.82, 2.24) is 5.32 Å². The van der Waals surface area contributed by atoms with Gasteiger partial charge in [-0.25, -0.2) is 0 Å². The van der Waals surface area contributed by atoms with Gasteiger partial charge in [0.1, 0.15) is 48.8 Å². The first kappa shape index (κ1) is 40.6. The summed E-state index contributed by atoms with van der Waals surface area (Å²) in [5.74, 6) is -0.291. The Kier molecular flexibility index (Phi) is 19.6. The molecule has 0 aromatic rings. The van der Waals surface area contributed by atoms with Crippen LogP contribution >= 0.6 is 0 Å². The quantitative estimate of drug-likeness (QED) is 0.0560. The minimum atomic E-state index is -1.78. The number of unbranched alkanes of at least 4 members (excludes halogenated alkanes) is 6. The summed E-state index contributed by atoms with van der Waals surface area (Å²) in [5.41, 5.74) is 0. The molecule has 14 heteroatoms. The van der Waals surface area contributed by atoms with Crippen LogP contribution < -0.4 is 5.32 Å². The molecular formula is C32H57NO13. The maximum atomic E-state index is 12.5. The molecule has 0 aromatic heterocycles. The Morgan fingerprint density at radius 1 is 0.761 bits per heavy atom. The van der Waals surface area contributed by atoms with Crippen molar-refractivity contribution in [2.75, 3.05) is 19.8 Å². The van der Waals surface area contributed by atoms with E-state index >= 15 is 0 Å². The fraction of sp³-hybridized carbons (Fsp3) is 0.844. The van der Waals surface area contributed by atoms with E-state index in [9.17, 15) is 45.6 Å². The molecule has 14 nitrogen and oxygen atoms in total. The molecule has 0 saturated carbocycles. The molecule has 2 heterocycles. The number of ether oxygens (including phenoxy) is 4. The van der Waals surface area contributed by atoms with Crippen LogP contribution in [0.15, 0.2) is 24.3 Å². The fourth-order valence-corrected chi connectivity index (χ4v) is 5.22. The molecule has 1 amide bonds. The van der Waals surface area contributed by atoms with Gasteiger partial charge in [0.05, 0.1) is 32.0 Å². The van der Waals surface area contributed by atoms with Crippen molar-refractivity contribution >= 4 is 5.91 Å². The molecule has 2 fully saturated rings. The third-order valence-electron chi connectivity index (χ3n) is 8.14. The van der Waals surface area contributed by atoms with Gasteiger partial charge in [-0.05, 0) is 32.1 Å². The molecule has 46 heavy (non-hydrogen) atoms. The van der Waals surface area contributed by atoms with Crippen LogP contribution in [0.25, 0.3) is 0 Å². The van der Waals surface area contributed by atoms with Crippen molar-refractivity contribution in [3.05, 3.63) is 24.3 Å². The highest BCUT2D eigenvalue weighted by atomic mass is 16.7. The smallest absolute Gasteiger partial charge is 0.220 e. The van der Waals surface area contributed by atoms with Crippen molar-refractivity contribution in [3.8, 4) is 0 Å². The van der Waals surface area contributed by atoms with Gasteiger partial charge < -0.3 is 65.1 Å². The van der Waals surface area contributed by atoms with Crippen molar-refractivity contribution in [3.63, 3.8) is 0 Å². The first-order valence-corrected chi connectivity index (χ1v) is 16.6. The van der Waals surface area contributed by atoms with Gasteiger partial charge in [-0.15, -0.1) is 0 Å². The van der Waals surface area contributed by atoms with Crippen LogP contribution in [0.1, 0.15) is 78.1 Å². The van der Waals surface area contributed by atoms with Crippen molar-refractivity contribution in [2.45, 2.75) is 152 Å². The number of aliphatic hydroxyl groups excluding tert-OH is 8. The molecule has 0 bridgehead atoms. The molecule has 0 aliphatic carbocycles. The molecule has 2 aliphatic rings. The van der Waals surface area contributed by atoms with Crippen LogP contribution in [0.2, 0.25) is 0 Å². The summed E-state index contributed by atoms with van der Waals surface area (Å²) in [7, 11) is 0. The topological polar surface area (TPSA) is 228 Å². The fourth-order valence-electron chi connectivity index (χ4n) is 5.22. The molecule has 2 rings (SSSR count). The number of allylic oxidation sites excluding steroid dienone is 3. The van der Waals surface area contributed by atoms with E-state index in [1.807, 2.05) is 13.0 Å². The Morgan fingerprint density at radius 2 is 1.39 bits per heavy atom. The van der Waals surface area contributed by atoms with Crippen molar-refractivity contribution in [1.29, 1.82) is 0 Å². The molecule has 2 aliphatic heterocycles. The maximum absolute atomic E-state index is 12.5. The van der Waals surface area contributed by atoms with Crippen molar-refractivity contribution in [2.24, 2.45) is 0 Å². The molecule has 0 radical (unpaired) electrons. The van der Waals surface area contributed by atoms with Gasteiger partial charge in [0.25, 0.3) is 0 Å². The highest BCUT2D eigenvalue weighted by molar-refractivity contribution is 5.76. The second kappa shape index (κ2) is 22.2. The van der Waals surface area contributed by atoms with E-state index in [4.69, 9.17) is 18.9 Å². The van der Waals surface area contributed by atoms with Gasteiger partial charge in [-0.3, -0.25) is 4.79 Å². The number of nitrogens with one attached hydrogen (secondary N) is 1. The summed E-state index contributed by atoms with van der Waals surface area (Å²) in [5, 5.41) is 85.0. The lowest BCUT2D eigenvalue weighted by Crippen LogP contribution is -2.65. The highest BCUT2D eigenvalue weighted by Gasteiger charge is 2.50. The number of carbonyl (C=O) groups is 1. The summed E-state index contributed by atoms with van der Waals surface area (Å²) >= 11 is 0. The van der Waals surface area contributed by atoms with Crippen LogP contribution in [0, 0.1) is 0 Å². The Bertz CT molecular complexity index is 888. The molecule has 2 saturated heterocycles. The minimum Gasteiger partial charge on any atom is -0.394 e. The summed E-state index contributed by atoms with van der Waals surface area (Å²) in [6.45, 7) is 2.39. The summed E-state index contributed by atoms with van der Waals surface area (Å²) in [4.78, 5) is 12.5. The zero-order valence-electron chi connectivity index (χ0n) is 27.0. The lowest BCUT2D eigenvalue weighted by molar-refractivity contribution is -0.359. The predicted octanol–water partition coefficient (Wildman–Crippen LogP) is -0.474. The third-order valence-corrected chi connectivity index (χ3v) is 8.14. The van der Waals surface area contributed by atoms with Gasteiger partial charge in [0.2, 0.25) is 5.91 Å². The monoisotopic (exact) mass is 663 g/mol. The van der Waals surface area contributed by atoms with E-state index in [-0.39, 0.29) is 18.9 Å². The second-order valence-corrected chi connectivity index (χ2v) is 11.9. The normalized spacial score (nSPS) is 33.4. The van der Waals surface area contributed by atoms with Crippen molar-refractivity contribution < 1.29 is 64.6 Å². The number of carbonyl (C=O) groups excluding carboxylic acids is 1. The lowest BCUT2D eigenvalue weighted by atomic mass is 9.97. The molecule has 12 atom stereocenters. The van der Waals surface area contributed by atoms with Gasteiger partial charge in [0, 0.05) is 6.42 Å². The molecule has 0 spiro atoms. The maximum Gasteiger partial charge on any atom is 0.220 e. The van der Waals surface area contributed by atoms with E-state index < -0.39 is 86.8 Å².